The van der Waals surface area contributed by atoms with Crippen LogP contribution in [0.25, 0.3) is 0 Å². The summed E-state index contributed by atoms with van der Waals surface area (Å²) in [5.41, 5.74) is 3.87. The molecule has 0 aliphatic heterocycles. The lowest BCUT2D eigenvalue weighted by Crippen LogP contribution is -1.92. The van der Waals surface area contributed by atoms with E-state index >= 15 is 0 Å². The van der Waals surface area contributed by atoms with Crippen LogP contribution in [0.15, 0.2) is 12.1 Å². The van der Waals surface area contributed by atoms with Crippen LogP contribution in [0.2, 0.25) is 0 Å². The summed E-state index contributed by atoms with van der Waals surface area (Å²) >= 11 is 8.15. The molecule has 0 radical (unpaired) electrons. The van der Waals surface area contributed by atoms with Gasteiger partial charge >= 0.3 is 0 Å². The highest BCUT2D eigenvalue weighted by Crippen LogP contribution is 2.21. The first-order valence-corrected chi connectivity index (χ1v) is 5.08. The Labute approximate surface area is 86.1 Å². The number of halogens is 2. The van der Waals surface area contributed by atoms with E-state index in [0.29, 0.717) is 5.88 Å². The van der Waals surface area contributed by atoms with Gasteiger partial charge in [-0.15, -0.1) is 11.6 Å². The molecule has 0 saturated carbocycles. The molecule has 1 aromatic rings. The lowest BCUT2D eigenvalue weighted by atomic mass is 10.1. The Morgan fingerprint density at radius 3 is 2.27 bits per heavy atom. The van der Waals surface area contributed by atoms with Gasteiger partial charge < -0.3 is 0 Å². The molecule has 0 aromatic heterocycles. The summed E-state index contributed by atoms with van der Waals surface area (Å²) in [4.78, 5) is 0. The van der Waals surface area contributed by atoms with E-state index in [4.69, 9.17) is 11.6 Å². The molecule has 0 bridgehead atoms. The Hall–Kier alpha value is 0.240. The van der Waals surface area contributed by atoms with Crippen LogP contribution in [0.5, 0.6) is 0 Å². The molecular weight excluding hydrogens is 270 g/mol. The average molecular weight is 281 g/mol. The summed E-state index contributed by atoms with van der Waals surface area (Å²) < 4.78 is 1.30. The molecule has 0 heterocycles. The van der Waals surface area contributed by atoms with Crippen molar-refractivity contribution in [2.75, 3.05) is 0 Å². The molecule has 0 amide bonds. The van der Waals surface area contributed by atoms with Crippen molar-refractivity contribution in [2.24, 2.45) is 0 Å². The van der Waals surface area contributed by atoms with E-state index in [-0.39, 0.29) is 0 Å². The largest absolute Gasteiger partial charge is 0.121 e. The Bertz CT molecular complexity index is 269. The van der Waals surface area contributed by atoms with Gasteiger partial charge in [-0.25, -0.2) is 0 Å². The first-order valence-electron chi connectivity index (χ1n) is 3.47. The van der Waals surface area contributed by atoms with Gasteiger partial charge in [0.05, 0.1) is 0 Å². The van der Waals surface area contributed by atoms with Crippen molar-refractivity contribution in [1.29, 1.82) is 0 Å². The van der Waals surface area contributed by atoms with Gasteiger partial charge in [-0.3, -0.25) is 0 Å². The van der Waals surface area contributed by atoms with Crippen LogP contribution < -0.4 is 0 Å². The number of hydrogen-bond donors (Lipinski definition) is 0. The van der Waals surface area contributed by atoms with Crippen molar-refractivity contribution in [1.82, 2.24) is 0 Å². The van der Waals surface area contributed by atoms with Gasteiger partial charge in [0.1, 0.15) is 0 Å². The minimum Gasteiger partial charge on any atom is -0.121 e. The highest BCUT2D eigenvalue weighted by molar-refractivity contribution is 14.1. The van der Waals surface area contributed by atoms with Crippen molar-refractivity contribution in [3.8, 4) is 0 Å². The van der Waals surface area contributed by atoms with E-state index in [1.165, 1.54) is 20.3 Å². The second kappa shape index (κ2) is 3.76. The molecule has 2 heteroatoms. The molecule has 0 nitrogen and oxygen atoms in total. The number of alkyl halides is 1. The standard InChI is InChI=1S/C9H10ClI/c1-6-3-4-7(2)9(11)8(6)5-10/h3-4H,5H2,1-2H3. The van der Waals surface area contributed by atoms with Crippen molar-refractivity contribution < 1.29 is 0 Å². The van der Waals surface area contributed by atoms with Crippen LogP contribution in [0, 0.1) is 17.4 Å². The maximum atomic E-state index is 5.80. The zero-order chi connectivity index (χ0) is 8.43. The third-order valence-corrected chi connectivity index (χ3v) is 3.57. The highest BCUT2D eigenvalue weighted by Gasteiger charge is 2.03. The first kappa shape index (κ1) is 9.33. The summed E-state index contributed by atoms with van der Waals surface area (Å²) in [6, 6.07) is 4.25. The molecule has 1 aromatic carbocycles. The third-order valence-electron chi connectivity index (χ3n) is 1.80. The van der Waals surface area contributed by atoms with Crippen LogP contribution in [-0.2, 0) is 5.88 Å². The van der Waals surface area contributed by atoms with E-state index in [9.17, 15) is 0 Å². The van der Waals surface area contributed by atoms with Crippen LogP contribution in [-0.4, -0.2) is 0 Å². The third kappa shape index (κ3) is 1.88. The molecule has 60 valence electrons. The van der Waals surface area contributed by atoms with E-state index in [2.05, 4.69) is 48.6 Å². The smallest absolute Gasteiger partial charge is 0.0487 e. The minimum atomic E-state index is 0.617. The predicted molar refractivity (Wildman–Crippen MR) is 58.2 cm³/mol. The lowest BCUT2D eigenvalue weighted by Gasteiger charge is -2.06. The van der Waals surface area contributed by atoms with Crippen molar-refractivity contribution >= 4 is 34.2 Å². The summed E-state index contributed by atoms with van der Waals surface area (Å²) in [6.45, 7) is 4.20. The number of rotatable bonds is 1. The predicted octanol–water partition coefficient (Wildman–Crippen LogP) is 3.65. The monoisotopic (exact) mass is 280 g/mol. The summed E-state index contributed by atoms with van der Waals surface area (Å²) in [5, 5.41) is 0. The average Bonchev–Trinajstić information content (AvgIpc) is 1.99. The number of aryl methyl sites for hydroxylation is 2. The molecular formula is C9H10ClI. The van der Waals surface area contributed by atoms with Gasteiger partial charge in [0.25, 0.3) is 0 Å². The normalized spacial score (nSPS) is 10.2. The molecule has 0 aliphatic rings. The minimum absolute atomic E-state index is 0.617. The van der Waals surface area contributed by atoms with Crippen LogP contribution in [0.4, 0.5) is 0 Å². The van der Waals surface area contributed by atoms with Gasteiger partial charge in [-0.2, -0.15) is 0 Å². The lowest BCUT2D eigenvalue weighted by molar-refractivity contribution is 1.24. The fraction of sp³-hybridized carbons (Fsp3) is 0.333. The molecule has 0 atom stereocenters. The van der Waals surface area contributed by atoms with Crippen molar-refractivity contribution in [3.05, 3.63) is 32.4 Å². The van der Waals surface area contributed by atoms with Crippen LogP contribution >= 0.6 is 34.2 Å². The Morgan fingerprint density at radius 2 is 1.82 bits per heavy atom. The first-order chi connectivity index (χ1) is 5.16. The van der Waals surface area contributed by atoms with E-state index in [0.717, 1.165) is 0 Å². The second-order valence-corrected chi connectivity index (χ2v) is 3.97. The topological polar surface area (TPSA) is 0 Å². The van der Waals surface area contributed by atoms with Crippen molar-refractivity contribution in [2.45, 2.75) is 19.7 Å². The van der Waals surface area contributed by atoms with Gasteiger partial charge in [0.15, 0.2) is 0 Å². The molecule has 0 N–H and O–H groups in total. The molecule has 11 heavy (non-hydrogen) atoms. The quantitative estimate of drug-likeness (QED) is 0.544. The second-order valence-electron chi connectivity index (χ2n) is 2.63. The maximum absolute atomic E-state index is 5.80. The molecule has 0 unspecified atom stereocenters. The van der Waals surface area contributed by atoms with Gasteiger partial charge in [-0.05, 0) is 53.1 Å². The van der Waals surface area contributed by atoms with Gasteiger partial charge in [0.2, 0.25) is 0 Å². The van der Waals surface area contributed by atoms with E-state index < -0.39 is 0 Å². The van der Waals surface area contributed by atoms with Gasteiger partial charge in [-0.1, -0.05) is 12.1 Å². The summed E-state index contributed by atoms with van der Waals surface area (Å²) in [7, 11) is 0. The summed E-state index contributed by atoms with van der Waals surface area (Å²) in [6.07, 6.45) is 0. The Kier molecular flexibility index (Phi) is 3.19. The fourth-order valence-electron chi connectivity index (χ4n) is 0.999. The molecule has 0 fully saturated rings. The fourth-order valence-corrected chi connectivity index (χ4v) is 2.36. The zero-order valence-corrected chi connectivity index (χ0v) is 9.53. The van der Waals surface area contributed by atoms with E-state index in [1.54, 1.807) is 0 Å². The van der Waals surface area contributed by atoms with Crippen LogP contribution in [0.3, 0.4) is 0 Å². The Balaban J connectivity index is 3.29. The highest BCUT2D eigenvalue weighted by atomic mass is 127. The number of hydrogen-bond acceptors (Lipinski definition) is 0. The van der Waals surface area contributed by atoms with Crippen molar-refractivity contribution in [3.63, 3.8) is 0 Å². The number of benzene rings is 1. The zero-order valence-electron chi connectivity index (χ0n) is 6.62. The van der Waals surface area contributed by atoms with Crippen LogP contribution in [0.1, 0.15) is 16.7 Å². The van der Waals surface area contributed by atoms with E-state index in [1.807, 2.05) is 0 Å². The van der Waals surface area contributed by atoms with Gasteiger partial charge in [0, 0.05) is 9.45 Å². The Morgan fingerprint density at radius 1 is 1.27 bits per heavy atom. The molecule has 0 saturated heterocycles. The molecule has 0 aliphatic carbocycles. The summed E-state index contributed by atoms with van der Waals surface area (Å²) in [5.74, 6) is 0.617. The SMILES string of the molecule is Cc1ccc(C)c(CCl)c1I. The molecule has 0 spiro atoms. The molecule has 1 rings (SSSR count). The maximum Gasteiger partial charge on any atom is 0.0487 e.